The molecule has 1 aliphatic carbocycles. The average molecular weight is 360 g/mol. The SMILES string of the molecule is CS(=O)(=O)CCCC(CNC1CC1)c1cccc(Br)c1. The Bertz CT molecular complexity index is 541. The summed E-state index contributed by atoms with van der Waals surface area (Å²) in [7, 11) is -2.86. The number of nitrogens with one attached hydrogen (secondary N) is 1. The molecule has 20 heavy (non-hydrogen) atoms. The van der Waals surface area contributed by atoms with Gasteiger partial charge in [-0.15, -0.1) is 0 Å². The highest BCUT2D eigenvalue weighted by atomic mass is 79.9. The fraction of sp³-hybridized carbons (Fsp3) is 0.600. The van der Waals surface area contributed by atoms with Crippen molar-refractivity contribution in [2.45, 2.75) is 37.6 Å². The van der Waals surface area contributed by atoms with Crippen LogP contribution in [0.4, 0.5) is 0 Å². The second-order valence-corrected chi connectivity index (χ2v) is 8.88. The van der Waals surface area contributed by atoms with Crippen LogP contribution in [-0.2, 0) is 9.84 Å². The number of benzene rings is 1. The molecule has 1 aliphatic rings. The lowest BCUT2D eigenvalue weighted by atomic mass is 9.94. The highest BCUT2D eigenvalue weighted by Gasteiger charge is 2.22. The van der Waals surface area contributed by atoms with Gasteiger partial charge >= 0.3 is 0 Å². The Morgan fingerprint density at radius 2 is 2.15 bits per heavy atom. The van der Waals surface area contributed by atoms with Crippen LogP contribution < -0.4 is 5.32 Å². The predicted molar refractivity (Wildman–Crippen MR) is 86.9 cm³/mol. The van der Waals surface area contributed by atoms with Crippen LogP contribution in [-0.4, -0.2) is 33.0 Å². The van der Waals surface area contributed by atoms with E-state index in [1.165, 1.54) is 24.7 Å². The average Bonchev–Trinajstić information content (AvgIpc) is 3.16. The molecule has 112 valence electrons. The van der Waals surface area contributed by atoms with Crippen LogP contribution in [0.5, 0.6) is 0 Å². The number of hydrogen-bond acceptors (Lipinski definition) is 3. The number of sulfone groups is 1. The van der Waals surface area contributed by atoms with Crippen LogP contribution in [0.15, 0.2) is 28.7 Å². The van der Waals surface area contributed by atoms with Gasteiger partial charge in [-0.3, -0.25) is 0 Å². The van der Waals surface area contributed by atoms with Gasteiger partial charge in [0, 0.05) is 29.1 Å². The largest absolute Gasteiger partial charge is 0.313 e. The van der Waals surface area contributed by atoms with Gasteiger partial charge in [0.2, 0.25) is 0 Å². The van der Waals surface area contributed by atoms with E-state index in [-0.39, 0.29) is 5.75 Å². The fourth-order valence-corrected chi connectivity index (χ4v) is 3.44. The van der Waals surface area contributed by atoms with Gasteiger partial charge in [0.25, 0.3) is 0 Å². The van der Waals surface area contributed by atoms with E-state index in [2.05, 4.69) is 33.4 Å². The van der Waals surface area contributed by atoms with E-state index in [1.807, 2.05) is 12.1 Å². The van der Waals surface area contributed by atoms with E-state index >= 15 is 0 Å². The van der Waals surface area contributed by atoms with Crippen molar-refractivity contribution in [3.05, 3.63) is 34.3 Å². The molecule has 3 nitrogen and oxygen atoms in total. The third-order valence-electron chi connectivity index (χ3n) is 3.62. The molecule has 0 aromatic heterocycles. The number of hydrogen-bond donors (Lipinski definition) is 1. The first-order valence-corrected chi connectivity index (χ1v) is 9.96. The Hall–Kier alpha value is -0.390. The van der Waals surface area contributed by atoms with Gasteiger partial charge in [-0.2, -0.15) is 0 Å². The third-order valence-corrected chi connectivity index (χ3v) is 5.14. The Balaban J connectivity index is 1.95. The summed E-state index contributed by atoms with van der Waals surface area (Å²) in [5.74, 6) is 0.663. The van der Waals surface area contributed by atoms with Crippen molar-refractivity contribution >= 4 is 25.8 Å². The number of halogens is 1. The smallest absolute Gasteiger partial charge is 0.147 e. The highest BCUT2D eigenvalue weighted by molar-refractivity contribution is 9.10. The zero-order valence-corrected chi connectivity index (χ0v) is 14.2. The molecule has 0 bridgehead atoms. The molecule has 0 spiro atoms. The summed E-state index contributed by atoms with van der Waals surface area (Å²) < 4.78 is 23.6. The minimum absolute atomic E-state index is 0.279. The molecule has 0 radical (unpaired) electrons. The van der Waals surface area contributed by atoms with E-state index in [9.17, 15) is 8.42 Å². The lowest BCUT2D eigenvalue weighted by molar-refractivity contribution is 0.538. The van der Waals surface area contributed by atoms with Gasteiger partial charge in [-0.25, -0.2) is 8.42 Å². The summed E-state index contributed by atoms with van der Waals surface area (Å²) in [5.41, 5.74) is 1.28. The van der Waals surface area contributed by atoms with E-state index in [0.717, 1.165) is 23.9 Å². The summed E-state index contributed by atoms with van der Waals surface area (Å²) in [6, 6.07) is 9.01. The lowest BCUT2D eigenvalue weighted by Crippen LogP contribution is -2.24. The molecule has 1 aromatic rings. The van der Waals surface area contributed by atoms with Crippen molar-refractivity contribution in [1.82, 2.24) is 5.32 Å². The highest BCUT2D eigenvalue weighted by Crippen LogP contribution is 2.26. The predicted octanol–water partition coefficient (Wildman–Crippen LogP) is 3.11. The van der Waals surface area contributed by atoms with Crippen molar-refractivity contribution in [3.8, 4) is 0 Å². The van der Waals surface area contributed by atoms with Crippen LogP contribution in [0, 0.1) is 0 Å². The maximum absolute atomic E-state index is 11.3. The minimum Gasteiger partial charge on any atom is -0.313 e. The summed E-state index contributed by atoms with van der Waals surface area (Å²) in [6.45, 7) is 0.935. The molecule has 1 unspecified atom stereocenters. The molecular weight excluding hydrogens is 338 g/mol. The first kappa shape index (κ1) is 16.0. The van der Waals surface area contributed by atoms with Crippen molar-refractivity contribution < 1.29 is 8.42 Å². The zero-order valence-electron chi connectivity index (χ0n) is 11.8. The summed E-state index contributed by atoms with van der Waals surface area (Å²) >= 11 is 3.51. The van der Waals surface area contributed by atoms with Gasteiger partial charge in [-0.1, -0.05) is 28.1 Å². The monoisotopic (exact) mass is 359 g/mol. The molecule has 1 N–H and O–H groups in total. The van der Waals surface area contributed by atoms with E-state index in [1.54, 1.807) is 0 Å². The van der Waals surface area contributed by atoms with Gasteiger partial charge in [0.15, 0.2) is 0 Å². The van der Waals surface area contributed by atoms with Crippen LogP contribution >= 0.6 is 15.9 Å². The molecule has 1 aromatic carbocycles. The van der Waals surface area contributed by atoms with Crippen LogP contribution in [0.1, 0.15) is 37.2 Å². The first-order chi connectivity index (χ1) is 9.44. The third kappa shape index (κ3) is 5.94. The molecule has 0 saturated heterocycles. The summed E-state index contributed by atoms with van der Waals surface area (Å²) in [5, 5.41) is 3.56. The van der Waals surface area contributed by atoms with E-state index in [0.29, 0.717) is 12.0 Å². The Morgan fingerprint density at radius 3 is 2.75 bits per heavy atom. The molecule has 1 saturated carbocycles. The van der Waals surface area contributed by atoms with E-state index in [4.69, 9.17) is 0 Å². The molecule has 0 amide bonds. The topological polar surface area (TPSA) is 46.2 Å². The molecule has 2 rings (SSSR count). The summed E-state index contributed by atoms with van der Waals surface area (Å²) in [4.78, 5) is 0. The van der Waals surface area contributed by atoms with E-state index < -0.39 is 9.84 Å². The Labute approximate surface area is 130 Å². The minimum atomic E-state index is -2.86. The van der Waals surface area contributed by atoms with Gasteiger partial charge < -0.3 is 5.32 Å². The van der Waals surface area contributed by atoms with Crippen molar-refractivity contribution in [2.75, 3.05) is 18.6 Å². The zero-order chi connectivity index (χ0) is 14.6. The molecule has 1 fully saturated rings. The Morgan fingerprint density at radius 1 is 1.40 bits per heavy atom. The fourth-order valence-electron chi connectivity index (χ4n) is 2.34. The normalized spacial score (nSPS) is 17.1. The Kier molecular flexibility index (Phi) is 5.64. The quantitative estimate of drug-likeness (QED) is 0.775. The van der Waals surface area contributed by atoms with Crippen molar-refractivity contribution in [2.24, 2.45) is 0 Å². The standard InChI is InChI=1S/C15H22BrNO2S/c1-20(18,19)9-3-5-13(11-17-15-7-8-15)12-4-2-6-14(16)10-12/h2,4,6,10,13,15,17H,3,5,7-9,11H2,1H3. The van der Waals surface area contributed by atoms with Gasteiger partial charge in [0.1, 0.15) is 9.84 Å². The molecule has 1 atom stereocenters. The maximum Gasteiger partial charge on any atom is 0.147 e. The van der Waals surface area contributed by atoms with Crippen molar-refractivity contribution in [3.63, 3.8) is 0 Å². The van der Waals surface area contributed by atoms with Gasteiger partial charge in [0.05, 0.1) is 0 Å². The molecule has 0 aliphatic heterocycles. The van der Waals surface area contributed by atoms with Crippen molar-refractivity contribution in [1.29, 1.82) is 0 Å². The van der Waals surface area contributed by atoms with Gasteiger partial charge in [-0.05, 0) is 49.3 Å². The number of rotatable bonds is 8. The second kappa shape index (κ2) is 7.05. The second-order valence-electron chi connectivity index (χ2n) is 5.71. The maximum atomic E-state index is 11.3. The van der Waals surface area contributed by atoms with Crippen LogP contribution in [0.2, 0.25) is 0 Å². The molecular formula is C15H22BrNO2S. The summed E-state index contributed by atoms with van der Waals surface area (Å²) in [6.07, 6.45) is 5.48. The van der Waals surface area contributed by atoms with Crippen LogP contribution in [0.25, 0.3) is 0 Å². The lowest BCUT2D eigenvalue weighted by Gasteiger charge is -2.18. The van der Waals surface area contributed by atoms with Crippen LogP contribution in [0.3, 0.4) is 0 Å². The molecule has 0 heterocycles. The first-order valence-electron chi connectivity index (χ1n) is 7.10. The molecule has 5 heteroatoms.